The molecule has 0 bridgehead atoms. The summed E-state index contributed by atoms with van der Waals surface area (Å²) in [7, 11) is 0. The third kappa shape index (κ3) is 3.55. The molecule has 0 aromatic carbocycles. The summed E-state index contributed by atoms with van der Waals surface area (Å²) in [6.45, 7) is 0.848. The Labute approximate surface area is 59.9 Å². The molecule has 0 aromatic heterocycles. The summed E-state index contributed by atoms with van der Waals surface area (Å²) in [5, 5.41) is 0. The van der Waals surface area contributed by atoms with E-state index in [1.165, 1.54) is 0 Å². The number of hydrogen-bond donors (Lipinski definition) is 0. The predicted octanol–water partition coefficient (Wildman–Crippen LogP) is 1.68. The fraction of sp³-hybridized carbons (Fsp3) is 0.750. The van der Waals surface area contributed by atoms with E-state index in [0.717, 1.165) is 6.92 Å². The number of hydrogen-bond acceptors (Lipinski definition) is 2. The average Bonchev–Trinajstić information content (AvgIpc) is 1.60. The molecule has 0 spiro atoms. The highest BCUT2D eigenvalue weighted by molar-refractivity contribution is 6.20. The van der Waals surface area contributed by atoms with Crippen molar-refractivity contribution in [1.82, 2.24) is 0 Å². The highest BCUT2D eigenvalue weighted by Gasteiger charge is 2.40. The fourth-order valence-corrected chi connectivity index (χ4v) is 0.338. The Kier molecular flexibility index (Phi) is 2.96. The summed E-state index contributed by atoms with van der Waals surface area (Å²) in [4.78, 5) is 9.89. The van der Waals surface area contributed by atoms with Crippen LogP contribution in [0.4, 0.5) is 13.2 Å². The van der Waals surface area contributed by atoms with E-state index in [9.17, 15) is 18.0 Å². The Morgan fingerprint density at radius 1 is 1.60 bits per heavy atom. The van der Waals surface area contributed by atoms with Crippen LogP contribution in [0.15, 0.2) is 0 Å². The van der Waals surface area contributed by atoms with Crippen LogP contribution in [0, 0.1) is 0 Å². The maximum atomic E-state index is 11.4. The largest absolute Gasteiger partial charge is 0.440 e. The molecule has 10 heavy (non-hydrogen) atoms. The van der Waals surface area contributed by atoms with Crippen LogP contribution in [0.3, 0.4) is 0 Å². The van der Waals surface area contributed by atoms with Gasteiger partial charge in [-0.3, -0.25) is 4.79 Å². The molecule has 0 aliphatic carbocycles. The molecule has 0 radical (unpaired) electrons. The normalized spacial score (nSPS) is 14.5. The predicted molar refractivity (Wildman–Crippen MR) is 27.5 cm³/mol. The Morgan fingerprint density at radius 2 is 2.00 bits per heavy atom. The summed E-state index contributed by atoms with van der Waals surface area (Å²) < 4.78 is 37.8. The fourth-order valence-electron chi connectivity index (χ4n) is 0.213. The highest BCUT2D eigenvalue weighted by atomic mass is 35.5. The van der Waals surface area contributed by atoms with E-state index in [1.54, 1.807) is 0 Å². The maximum absolute atomic E-state index is 11.4. The van der Waals surface area contributed by atoms with Crippen LogP contribution in [-0.4, -0.2) is 17.7 Å². The van der Waals surface area contributed by atoms with Gasteiger partial charge in [0.05, 0.1) is 0 Å². The van der Waals surface area contributed by atoms with Gasteiger partial charge < -0.3 is 4.74 Å². The molecule has 6 heteroatoms. The van der Waals surface area contributed by atoms with Gasteiger partial charge in [-0.2, -0.15) is 13.2 Å². The van der Waals surface area contributed by atoms with Crippen LogP contribution in [0.2, 0.25) is 0 Å². The zero-order valence-electron chi connectivity index (χ0n) is 4.91. The van der Waals surface area contributed by atoms with Crippen LogP contribution < -0.4 is 0 Å². The van der Waals surface area contributed by atoms with Gasteiger partial charge in [-0.05, 0) is 0 Å². The van der Waals surface area contributed by atoms with Crippen molar-refractivity contribution in [3.63, 3.8) is 0 Å². The molecule has 0 heterocycles. The van der Waals surface area contributed by atoms with Gasteiger partial charge in [-0.15, -0.1) is 0 Å². The van der Waals surface area contributed by atoms with Gasteiger partial charge in [0.1, 0.15) is 0 Å². The third-order valence-electron chi connectivity index (χ3n) is 0.527. The summed E-state index contributed by atoms with van der Waals surface area (Å²) in [6.07, 6.45) is -4.69. The lowest BCUT2D eigenvalue weighted by Gasteiger charge is -2.12. The SMILES string of the molecule is CC(=O)O[C@H](Cl)C(F)(F)F. The Morgan fingerprint density at radius 3 is 2.10 bits per heavy atom. The summed E-state index contributed by atoms with van der Waals surface area (Å²) in [5.74, 6) is -1.06. The van der Waals surface area contributed by atoms with E-state index >= 15 is 0 Å². The van der Waals surface area contributed by atoms with Gasteiger partial charge in [-0.25, -0.2) is 0 Å². The van der Waals surface area contributed by atoms with Crippen molar-refractivity contribution in [2.45, 2.75) is 18.7 Å². The first-order valence-corrected chi connectivity index (χ1v) is 2.65. The number of carbonyl (C=O) groups is 1. The quantitative estimate of drug-likeness (QED) is 0.449. The lowest BCUT2D eigenvalue weighted by Crippen LogP contribution is -2.27. The van der Waals surface area contributed by atoms with E-state index in [1.807, 2.05) is 0 Å². The second-order valence-electron chi connectivity index (χ2n) is 1.47. The summed E-state index contributed by atoms with van der Waals surface area (Å²) in [5.41, 5.74) is -2.54. The topological polar surface area (TPSA) is 26.3 Å². The second-order valence-corrected chi connectivity index (χ2v) is 1.86. The summed E-state index contributed by atoms with van der Waals surface area (Å²) in [6, 6.07) is 0. The van der Waals surface area contributed by atoms with Crippen molar-refractivity contribution in [2.24, 2.45) is 0 Å². The standard InChI is InChI=1S/C4H4ClF3O2/c1-2(9)10-3(5)4(6,7)8/h3H,1H3/t3-/m0/s1. The first kappa shape index (κ1) is 9.55. The number of alkyl halides is 4. The highest BCUT2D eigenvalue weighted by Crippen LogP contribution is 2.25. The molecule has 0 aliphatic rings. The van der Waals surface area contributed by atoms with Gasteiger partial charge in [0.25, 0.3) is 5.56 Å². The monoisotopic (exact) mass is 176 g/mol. The Balaban J connectivity index is 3.85. The van der Waals surface area contributed by atoms with Crippen LogP contribution in [0.25, 0.3) is 0 Å². The van der Waals surface area contributed by atoms with E-state index in [4.69, 9.17) is 0 Å². The molecule has 0 unspecified atom stereocenters. The van der Waals surface area contributed by atoms with Crippen molar-refractivity contribution in [1.29, 1.82) is 0 Å². The second kappa shape index (κ2) is 3.09. The number of halogens is 4. The molecular formula is C4H4ClF3O2. The minimum absolute atomic E-state index is 0.848. The van der Waals surface area contributed by atoms with E-state index in [2.05, 4.69) is 16.3 Å². The van der Waals surface area contributed by atoms with Crippen molar-refractivity contribution in [3.05, 3.63) is 0 Å². The number of esters is 1. The lowest BCUT2D eigenvalue weighted by molar-refractivity contribution is -0.197. The van der Waals surface area contributed by atoms with Gasteiger partial charge in [-0.1, -0.05) is 11.6 Å². The van der Waals surface area contributed by atoms with Gasteiger partial charge in [0.15, 0.2) is 0 Å². The smallest absolute Gasteiger partial charge is 0.436 e. The minimum Gasteiger partial charge on any atom is -0.436 e. The van der Waals surface area contributed by atoms with E-state index in [0.29, 0.717) is 0 Å². The molecule has 0 N–H and O–H groups in total. The van der Waals surface area contributed by atoms with E-state index < -0.39 is 17.7 Å². The molecule has 0 aromatic rings. The zero-order chi connectivity index (χ0) is 8.36. The van der Waals surface area contributed by atoms with Crippen molar-refractivity contribution >= 4 is 17.6 Å². The van der Waals surface area contributed by atoms with Crippen LogP contribution in [0.1, 0.15) is 6.92 Å². The van der Waals surface area contributed by atoms with Gasteiger partial charge in [0.2, 0.25) is 0 Å². The molecule has 0 rings (SSSR count). The molecule has 0 aliphatic heterocycles. The molecule has 0 saturated carbocycles. The zero-order valence-corrected chi connectivity index (χ0v) is 5.66. The van der Waals surface area contributed by atoms with Crippen molar-refractivity contribution < 1.29 is 22.7 Å². The van der Waals surface area contributed by atoms with Gasteiger partial charge >= 0.3 is 12.1 Å². The van der Waals surface area contributed by atoms with Crippen molar-refractivity contribution in [2.75, 3.05) is 0 Å². The maximum Gasteiger partial charge on any atom is 0.440 e. The van der Waals surface area contributed by atoms with Crippen LogP contribution >= 0.6 is 11.6 Å². The van der Waals surface area contributed by atoms with Gasteiger partial charge in [0, 0.05) is 6.92 Å². The third-order valence-corrected chi connectivity index (χ3v) is 0.863. The number of carbonyl (C=O) groups excluding carboxylic acids is 1. The lowest BCUT2D eigenvalue weighted by atomic mass is 10.7. The molecular weight excluding hydrogens is 172 g/mol. The van der Waals surface area contributed by atoms with Crippen molar-refractivity contribution in [3.8, 4) is 0 Å². The number of ether oxygens (including phenoxy) is 1. The molecule has 0 amide bonds. The molecule has 2 nitrogen and oxygen atoms in total. The van der Waals surface area contributed by atoms with Crippen LogP contribution in [0.5, 0.6) is 0 Å². The van der Waals surface area contributed by atoms with E-state index in [-0.39, 0.29) is 0 Å². The summed E-state index contributed by atoms with van der Waals surface area (Å²) >= 11 is 4.58. The Bertz CT molecular complexity index is 133. The molecule has 60 valence electrons. The molecule has 0 fully saturated rings. The van der Waals surface area contributed by atoms with Crippen LogP contribution in [-0.2, 0) is 9.53 Å². The first-order chi connectivity index (χ1) is 4.34. The Hall–Kier alpha value is -0.450. The average molecular weight is 177 g/mol. The number of rotatable bonds is 1. The first-order valence-electron chi connectivity index (χ1n) is 2.22. The molecule has 1 atom stereocenters. The molecule has 0 saturated heterocycles. The minimum atomic E-state index is -4.69.